The van der Waals surface area contributed by atoms with Gasteiger partial charge in [-0.3, -0.25) is 15.4 Å². The van der Waals surface area contributed by atoms with E-state index in [0.717, 1.165) is 28.3 Å². The van der Waals surface area contributed by atoms with Gasteiger partial charge in [0, 0.05) is 69.5 Å². The Kier molecular flexibility index (Phi) is 25.7. The summed E-state index contributed by atoms with van der Waals surface area (Å²) in [4.78, 5) is 38.7. The molecule has 0 aliphatic rings. The van der Waals surface area contributed by atoms with Crippen LogP contribution >= 0.6 is 0 Å². The number of amides is 1. The van der Waals surface area contributed by atoms with Crippen molar-refractivity contribution in [2.24, 2.45) is 27.4 Å². The summed E-state index contributed by atoms with van der Waals surface area (Å²) in [5.41, 5.74) is 14.6. The van der Waals surface area contributed by atoms with E-state index in [-0.39, 0.29) is 33.8 Å². The van der Waals surface area contributed by atoms with Gasteiger partial charge in [0.15, 0.2) is 11.0 Å². The summed E-state index contributed by atoms with van der Waals surface area (Å²) in [5, 5.41) is 18.3. The van der Waals surface area contributed by atoms with Gasteiger partial charge < -0.3 is 26.9 Å². The number of aromatic nitrogens is 1. The quantitative estimate of drug-likeness (QED) is 0.0491. The van der Waals surface area contributed by atoms with Crippen molar-refractivity contribution in [3.63, 3.8) is 0 Å². The fourth-order valence-electron chi connectivity index (χ4n) is 4.31. The Morgan fingerprint density at radius 2 is 1.26 bits per heavy atom. The number of carbonyl (C=O) groups excluding carboxylic acids is 2. The first-order chi connectivity index (χ1) is 29.9. The van der Waals surface area contributed by atoms with Crippen molar-refractivity contribution in [1.82, 2.24) is 15.8 Å². The second-order valence-corrected chi connectivity index (χ2v) is 12.2. The number of hydrogen-bond donors (Lipinski definition) is 5. The standard InChI is InChI=1S/C25H30N4O2.C24H6.H3N5O2.11H2/c1-25(2,15-22(30)21(26)11-9-17-6-4-3-5-7-17)24(31)29-16-18-8-10-20-19(14-18)12-13-28-23(20)27;1-3-5-7-9-11-13-15-17-19-21-23-24-22-20-18-16-14-12-10-8-6-4-2;1-2-3-4-5(6)7;;;;;;;;;;;/h3-8,10,12-14,21H,9,11,15-16,26H2,1-2H3,(H2,27,28)(H,29,31);1-2H3;(H2,1,3)(H,2,4);11*1H/t21-;;;;;;;;;;;;;/m1............./s1. The van der Waals surface area contributed by atoms with Crippen molar-refractivity contribution in [1.29, 1.82) is 0 Å². The van der Waals surface area contributed by atoms with Gasteiger partial charge in [0.2, 0.25) is 5.91 Å². The van der Waals surface area contributed by atoms with Crippen molar-refractivity contribution in [2.45, 2.75) is 59.5 Å². The average molecular weight is 840 g/mol. The highest BCUT2D eigenvalue weighted by Gasteiger charge is 2.32. The van der Waals surface area contributed by atoms with Crippen LogP contribution < -0.4 is 28.2 Å². The number of carbonyl (C=O) groups is 2. The summed E-state index contributed by atoms with van der Waals surface area (Å²) in [6.45, 7) is 7.32. The molecule has 0 spiro atoms. The molecule has 0 saturated carbocycles. The normalized spacial score (nSPS) is 8.79. The summed E-state index contributed by atoms with van der Waals surface area (Å²) in [6, 6.07) is 17.0. The van der Waals surface area contributed by atoms with Crippen LogP contribution in [-0.4, -0.2) is 27.7 Å². The largest absolute Gasteiger partial charge is 0.383 e. The van der Waals surface area contributed by atoms with Crippen LogP contribution in [-0.2, 0) is 22.6 Å². The van der Waals surface area contributed by atoms with Crippen molar-refractivity contribution >= 4 is 28.3 Å². The Bertz CT molecular complexity index is 2780. The van der Waals surface area contributed by atoms with Crippen LogP contribution in [0.15, 0.2) is 71.2 Å². The average Bonchev–Trinajstić information content (AvgIpc) is 3.26. The zero-order valence-electron chi connectivity index (χ0n) is 34.3. The third-order valence-electron chi connectivity index (χ3n) is 7.17. The number of ketones is 1. The number of hydrogen-bond acceptors (Lipinski definition) is 9. The summed E-state index contributed by atoms with van der Waals surface area (Å²) in [6.07, 6.45) is 3.07. The molecule has 0 aliphatic heterocycles. The highest BCUT2D eigenvalue weighted by molar-refractivity contribution is 5.92. The fourth-order valence-corrected chi connectivity index (χ4v) is 4.31. The lowest BCUT2D eigenvalue weighted by atomic mass is 9.83. The second-order valence-electron chi connectivity index (χ2n) is 12.2. The number of anilines is 1. The van der Waals surface area contributed by atoms with Gasteiger partial charge in [-0.05, 0) is 150 Å². The molecule has 1 aromatic heterocycles. The van der Waals surface area contributed by atoms with Gasteiger partial charge >= 0.3 is 0 Å². The van der Waals surface area contributed by atoms with E-state index in [2.05, 4.69) is 157 Å². The number of pyridine rings is 1. The van der Waals surface area contributed by atoms with Crippen molar-refractivity contribution in [2.75, 3.05) is 5.73 Å². The lowest BCUT2D eigenvalue weighted by molar-refractivity contribution is -0.546. The third kappa shape index (κ3) is 24.2. The van der Waals surface area contributed by atoms with E-state index in [9.17, 15) is 19.7 Å². The Hall–Kier alpha value is -9.49. The Morgan fingerprint density at radius 1 is 0.774 bits per heavy atom. The van der Waals surface area contributed by atoms with E-state index in [0.29, 0.717) is 18.8 Å². The van der Waals surface area contributed by atoms with E-state index in [1.165, 1.54) is 5.53 Å². The number of nitrogens with two attached hydrogens (primary N) is 3. The van der Waals surface area contributed by atoms with Crippen molar-refractivity contribution in [3.8, 4) is 130 Å². The van der Waals surface area contributed by atoms with Crippen LogP contribution in [0.2, 0.25) is 0 Å². The molecule has 1 atom stereocenters. The fraction of sp³-hybridized carbons (Fsp3) is 0.204. The van der Waals surface area contributed by atoms with Crippen LogP contribution in [0.3, 0.4) is 0 Å². The van der Waals surface area contributed by atoms with E-state index < -0.39 is 16.5 Å². The second kappa shape index (κ2) is 31.6. The van der Waals surface area contributed by atoms with Gasteiger partial charge in [0.25, 0.3) is 0 Å². The highest BCUT2D eigenvalue weighted by atomic mass is 16.7. The molecular formula is C49H61N9O4. The van der Waals surface area contributed by atoms with Gasteiger partial charge in [-0.2, -0.15) is 0 Å². The Morgan fingerprint density at radius 3 is 1.69 bits per heavy atom. The Labute approximate surface area is 379 Å². The summed E-state index contributed by atoms with van der Waals surface area (Å²) >= 11 is 0. The molecular weight excluding hydrogens is 779 g/mol. The first-order valence-corrected chi connectivity index (χ1v) is 18.0. The number of benzene rings is 2. The number of nitrogen functional groups attached to an aromatic ring is 1. The minimum absolute atomic E-state index is 0. The predicted molar refractivity (Wildman–Crippen MR) is 263 cm³/mol. The zero-order chi connectivity index (χ0) is 45.7. The maximum atomic E-state index is 12.8. The van der Waals surface area contributed by atoms with Crippen LogP contribution in [0, 0.1) is 146 Å². The van der Waals surface area contributed by atoms with Crippen LogP contribution in [0.4, 0.5) is 5.82 Å². The number of fused-ring (bicyclic) bond motifs is 1. The number of nitrogens with one attached hydrogen (secondary N) is 2. The number of Topliss-reactive ketones (excluding diaryl/α,β-unsaturated/α-hetero) is 1. The maximum Gasteiger partial charge on any atom is 0.226 e. The lowest BCUT2D eigenvalue weighted by Crippen LogP contribution is -2.41. The van der Waals surface area contributed by atoms with Crippen LogP contribution in [0.1, 0.15) is 67.4 Å². The highest BCUT2D eigenvalue weighted by Crippen LogP contribution is 2.24. The molecule has 0 bridgehead atoms. The smallest absolute Gasteiger partial charge is 0.226 e. The molecule has 326 valence electrons. The van der Waals surface area contributed by atoms with E-state index >= 15 is 0 Å². The molecule has 3 rings (SSSR count). The predicted octanol–water partition coefficient (Wildman–Crippen LogP) is 6.16. The number of aryl methyl sites for hydroxylation is 1. The summed E-state index contributed by atoms with van der Waals surface area (Å²) in [5.74, 6) is 60.2. The first-order valence-electron chi connectivity index (χ1n) is 18.0. The molecule has 0 unspecified atom stereocenters. The topological polar surface area (TPSA) is 217 Å². The molecule has 13 heteroatoms. The molecule has 13 nitrogen and oxygen atoms in total. The molecule has 1 heterocycles. The van der Waals surface area contributed by atoms with Gasteiger partial charge in [0.1, 0.15) is 5.82 Å². The summed E-state index contributed by atoms with van der Waals surface area (Å²) < 4.78 is 0. The minimum atomic E-state index is -0.879. The molecule has 0 saturated heterocycles. The maximum absolute atomic E-state index is 12.8. The molecule has 0 aliphatic carbocycles. The van der Waals surface area contributed by atoms with E-state index in [4.69, 9.17) is 11.5 Å². The SMILES string of the molecule is CC#CC#CC#CC#CC#CC#CC#CC#CC#CC#CC#CC.CC(C)(CC(=O)[C@H](N)CCc1ccccc1)C(=O)NCc1ccc2c(N)nccc2c1.NN=NN[N+](=O)[O-].[HH].[HH].[HH].[HH].[HH].[HH].[HH].[HH].[HH].[HH].[HH]. The molecule has 3 aromatic rings. The molecule has 62 heavy (non-hydrogen) atoms. The Balaban J connectivity index is -0.0000000927. The molecule has 1 amide bonds. The molecule has 0 fully saturated rings. The van der Waals surface area contributed by atoms with E-state index in [1.54, 1.807) is 33.9 Å². The number of nitrogens with zero attached hydrogens (tertiary/aromatic N) is 4. The van der Waals surface area contributed by atoms with Gasteiger partial charge in [-0.25, -0.2) is 4.98 Å². The van der Waals surface area contributed by atoms with Crippen LogP contribution in [0.5, 0.6) is 0 Å². The lowest BCUT2D eigenvalue weighted by Gasteiger charge is -2.24. The number of rotatable bonds is 11. The first kappa shape index (κ1) is 50.5. The monoisotopic (exact) mass is 839 g/mol. The minimum Gasteiger partial charge on any atom is -0.383 e. The van der Waals surface area contributed by atoms with Crippen molar-refractivity contribution in [3.05, 3.63) is 82.0 Å². The third-order valence-corrected chi connectivity index (χ3v) is 7.17. The van der Waals surface area contributed by atoms with Crippen molar-refractivity contribution < 1.29 is 30.3 Å². The van der Waals surface area contributed by atoms with Gasteiger partial charge in [-0.1, -0.05) is 68.2 Å². The zero-order valence-corrected chi connectivity index (χ0v) is 34.3. The number of hydrazine groups is 1. The van der Waals surface area contributed by atoms with E-state index in [1.807, 2.05) is 54.6 Å². The summed E-state index contributed by atoms with van der Waals surface area (Å²) in [7, 11) is 0. The van der Waals surface area contributed by atoms with Gasteiger partial charge in [-0.15, -0.1) is 0 Å². The van der Waals surface area contributed by atoms with Gasteiger partial charge in [0.05, 0.1) is 21.7 Å². The molecule has 8 N–H and O–H groups in total. The molecule has 2 aromatic carbocycles. The van der Waals surface area contributed by atoms with Crippen LogP contribution in [0.25, 0.3) is 10.8 Å². The molecule has 0 radical (unpaired) electrons. The number of nitro groups is 1.